The number of hydrazine groups is 1. The van der Waals surface area contributed by atoms with Crippen LogP contribution in [0.4, 0.5) is 0 Å². The maximum atomic E-state index is 12.1. The van der Waals surface area contributed by atoms with Gasteiger partial charge < -0.3 is 4.74 Å². The fourth-order valence-corrected chi connectivity index (χ4v) is 2.20. The van der Waals surface area contributed by atoms with Crippen LogP contribution in [0.15, 0.2) is 48.5 Å². The van der Waals surface area contributed by atoms with E-state index >= 15 is 0 Å². The first kappa shape index (κ1) is 18.4. The number of amides is 2. The van der Waals surface area contributed by atoms with E-state index in [0.717, 1.165) is 11.1 Å². The molecule has 0 aliphatic rings. The molecular formula is C18H19N3O3S. The minimum absolute atomic E-state index is 0.00232. The third-order valence-corrected chi connectivity index (χ3v) is 3.59. The number of aryl methyl sites for hydroxylation is 2. The van der Waals surface area contributed by atoms with Gasteiger partial charge in [-0.05, 0) is 49.3 Å². The lowest BCUT2D eigenvalue weighted by molar-refractivity contribution is -0.123. The summed E-state index contributed by atoms with van der Waals surface area (Å²) in [5.41, 5.74) is 7.13. The summed E-state index contributed by atoms with van der Waals surface area (Å²) >= 11 is 4.99. The molecule has 0 aromatic heterocycles. The van der Waals surface area contributed by atoms with Crippen molar-refractivity contribution in [1.29, 1.82) is 0 Å². The number of para-hydroxylation sites is 1. The van der Waals surface area contributed by atoms with E-state index < -0.39 is 5.91 Å². The number of carbonyl (C=O) groups is 2. The molecule has 3 N–H and O–H groups in total. The summed E-state index contributed by atoms with van der Waals surface area (Å²) in [4.78, 5) is 23.9. The van der Waals surface area contributed by atoms with Gasteiger partial charge in [0.15, 0.2) is 11.7 Å². The van der Waals surface area contributed by atoms with E-state index in [1.165, 1.54) is 0 Å². The molecule has 0 atom stereocenters. The Balaban J connectivity index is 1.76. The average molecular weight is 357 g/mol. The van der Waals surface area contributed by atoms with E-state index in [0.29, 0.717) is 11.3 Å². The number of benzene rings is 2. The summed E-state index contributed by atoms with van der Waals surface area (Å²) in [6, 6.07) is 14.5. The van der Waals surface area contributed by atoms with Crippen LogP contribution in [-0.2, 0) is 4.79 Å². The molecule has 0 aliphatic carbocycles. The van der Waals surface area contributed by atoms with E-state index in [1.807, 2.05) is 44.2 Å². The van der Waals surface area contributed by atoms with Gasteiger partial charge in [0.25, 0.3) is 11.8 Å². The van der Waals surface area contributed by atoms with Gasteiger partial charge >= 0.3 is 0 Å². The van der Waals surface area contributed by atoms with Crippen LogP contribution < -0.4 is 20.9 Å². The zero-order valence-electron chi connectivity index (χ0n) is 14.0. The number of carbonyl (C=O) groups excluding carboxylic acids is 2. The van der Waals surface area contributed by atoms with Crippen molar-refractivity contribution < 1.29 is 14.3 Å². The quantitative estimate of drug-likeness (QED) is 0.576. The lowest BCUT2D eigenvalue weighted by Gasteiger charge is -2.12. The largest absolute Gasteiger partial charge is 0.483 e. The highest BCUT2D eigenvalue weighted by Gasteiger charge is 2.10. The zero-order valence-corrected chi connectivity index (χ0v) is 14.8. The van der Waals surface area contributed by atoms with Gasteiger partial charge in [-0.3, -0.25) is 25.8 Å². The Hall–Kier alpha value is -2.93. The summed E-state index contributed by atoms with van der Waals surface area (Å²) in [5, 5.41) is 2.50. The third kappa shape index (κ3) is 5.58. The maximum Gasteiger partial charge on any atom is 0.276 e. The molecule has 2 aromatic carbocycles. The molecule has 0 saturated carbocycles. The van der Waals surface area contributed by atoms with Crippen LogP contribution in [0.1, 0.15) is 21.5 Å². The molecule has 0 spiro atoms. The molecule has 0 bridgehead atoms. The predicted molar refractivity (Wildman–Crippen MR) is 99.2 cm³/mol. The van der Waals surface area contributed by atoms with Gasteiger partial charge in [-0.25, -0.2) is 0 Å². The molecule has 0 heterocycles. The van der Waals surface area contributed by atoms with Gasteiger partial charge in [-0.15, -0.1) is 0 Å². The standard InChI is InChI=1S/C18H19N3O3S/c1-12-7-3-5-9-14(12)17(23)19-18(25)21-20-16(22)11-24-15-10-6-4-8-13(15)2/h3-10H,11H2,1-2H3,(H,20,22)(H2,19,21,23,25). The fraction of sp³-hybridized carbons (Fsp3) is 0.167. The Bertz CT molecular complexity index is 793. The first-order chi connectivity index (χ1) is 12.0. The Morgan fingerprint density at radius 3 is 2.28 bits per heavy atom. The van der Waals surface area contributed by atoms with Gasteiger partial charge in [0, 0.05) is 5.56 Å². The molecular weight excluding hydrogens is 338 g/mol. The molecule has 25 heavy (non-hydrogen) atoms. The highest BCUT2D eigenvalue weighted by atomic mass is 32.1. The monoisotopic (exact) mass is 357 g/mol. The number of thiocarbonyl (C=S) groups is 1. The second-order valence-corrected chi connectivity index (χ2v) is 5.73. The summed E-state index contributed by atoms with van der Waals surface area (Å²) in [7, 11) is 0. The van der Waals surface area contributed by atoms with E-state index in [4.69, 9.17) is 17.0 Å². The second kappa shape index (κ2) is 8.79. The SMILES string of the molecule is Cc1ccccc1OCC(=O)NNC(=S)NC(=O)c1ccccc1C. The van der Waals surface area contributed by atoms with E-state index in [9.17, 15) is 9.59 Å². The van der Waals surface area contributed by atoms with Crippen LogP contribution in [0.5, 0.6) is 5.75 Å². The molecule has 0 saturated heterocycles. The van der Waals surface area contributed by atoms with Crippen LogP contribution in [0.25, 0.3) is 0 Å². The van der Waals surface area contributed by atoms with Crippen LogP contribution in [0, 0.1) is 13.8 Å². The Morgan fingerprint density at radius 2 is 1.60 bits per heavy atom. The lowest BCUT2D eigenvalue weighted by Crippen LogP contribution is -2.49. The van der Waals surface area contributed by atoms with E-state index in [1.54, 1.807) is 18.2 Å². The molecule has 7 heteroatoms. The summed E-state index contributed by atoms with van der Waals surface area (Å²) in [6.45, 7) is 3.55. The van der Waals surface area contributed by atoms with Crippen molar-refractivity contribution in [3.8, 4) is 5.75 Å². The Morgan fingerprint density at radius 1 is 0.960 bits per heavy atom. The summed E-state index contributed by atoms with van der Waals surface area (Å²) in [6.07, 6.45) is 0. The topological polar surface area (TPSA) is 79.5 Å². The van der Waals surface area contributed by atoms with Crippen molar-refractivity contribution in [2.24, 2.45) is 0 Å². The predicted octanol–water partition coefficient (Wildman–Crippen LogP) is 2.02. The van der Waals surface area contributed by atoms with Crippen molar-refractivity contribution in [2.45, 2.75) is 13.8 Å². The van der Waals surface area contributed by atoms with Gasteiger partial charge in [-0.1, -0.05) is 36.4 Å². The molecule has 130 valence electrons. The van der Waals surface area contributed by atoms with Gasteiger partial charge in [-0.2, -0.15) is 0 Å². The van der Waals surface area contributed by atoms with Gasteiger partial charge in [0.2, 0.25) is 0 Å². The second-order valence-electron chi connectivity index (χ2n) is 5.33. The van der Waals surface area contributed by atoms with Crippen LogP contribution >= 0.6 is 12.2 Å². The van der Waals surface area contributed by atoms with E-state index in [-0.39, 0.29) is 17.6 Å². The number of nitrogens with one attached hydrogen (secondary N) is 3. The van der Waals surface area contributed by atoms with Crippen LogP contribution in [0.2, 0.25) is 0 Å². The minimum Gasteiger partial charge on any atom is -0.483 e. The van der Waals surface area contributed by atoms with Crippen LogP contribution in [0.3, 0.4) is 0 Å². The van der Waals surface area contributed by atoms with Gasteiger partial charge in [0.1, 0.15) is 5.75 Å². The first-order valence-corrected chi connectivity index (χ1v) is 8.02. The molecule has 0 radical (unpaired) electrons. The van der Waals surface area contributed by atoms with E-state index in [2.05, 4.69) is 16.2 Å². The Labute approximate surface area is 151 Å². The molecule has 2 rings (SSSR count). The third-order valence-electron chi connectivity index (χ3n) is 3.38. The summed E-state index contributed by atoms with van der Waals surface area (Å²) < 4.78 is 5.41. The summed E-state index contributed by atoms with van der Waals surface area (Å²) in [5.74, 6) is -0.134. The molecule has 0 aliphatic heterocycles. The number of hydrogen-bond donors (Lipinski definition) is 3. The number of hydrogen-bond acceptors (Lipinski definition) is 4. The maximum absolute atomic E-state index is 12.1. The van der Waals surface area contributed by atoms with Crippen molar-refractivity contribution in [2.75, 3.05) is 6.61 Å². The Kier molecular flexibility index (Phi) is 6.47. The molecule has 6 nitrogen and oxygen atoms in total. The molecule has 0 unspecified atom stereocenters. The first-order valence-electron chi connectivity index (χ1n) is 7.61. The fourth-order valence-electron chi connectivity index (χ4n) is 2.05. The lowest BCUT2D eigenvalue weighted by atomic mass is 10.1. The van der Waals surface area contributed by atoms with Crippen molar-refractivity contribution in [3.05, 3.63) is 65.2 Å². The molecule has 0 fully saturated rings. The van der Waals surface area contributed by atoms with Crippen molar-refractivity contribution in [3.63, 3.8) is 0 Å². The smallest absolute Gasteiger partial charge is 0.276 e. The molecule has 2 amide bonds. The van der Waals surface area contributed by atoms with Gasteiger partial charge in [0.05, 0.1) is 0 Å². The number of rotatable bonds is 4. The highest BCUT2D eigenvalue weighted by Crippen LogP contribution is 2.15. The molecule has 2 aromatic rings. The highest BCUT2D eigenvalue weighted by molar-refractivity contribution is 7.80. The van der Waals surface area contributed by atoms with Crippen LogP contribution in [-0.4, -0.2) is 23.5 Å². The number of ether oxygens (including phenoxy) is 1. The minimum atomic E-state index is -0.421. The average Bonchev–Trinajstić information content (AvgIpc) is 2.59. The van der Waals surface area contributed by atoms with Crippen molar-refractivity contribution in [1.82, 2.24) is 16.2 Å². The normalized spacial score (nSPS) is 9.84. The van der Waals surface area contributed by atoms with Crippen molar-refractivity contribution >= 4 is 29.1 Å². The zero-order chi connectivity index (χ0) is 18.2.